The molecule has 0 aromatic heterocycles. The molecule has 0 aliphatic carbocycles. The van der Waals surface area contributed by atoms with Crippen LogP contribution in [0.15, 0.2) is 28.7 Å². The SMILES string of the molecule is CC(O)CN(CCNCc1ccccc1Br)C(=O)OC(C)(C)C. The molecule has 23 heavy (non-hydrogen) atoms. The van der Waals surface area contributed by atoms with Crippen molar-refractivity contribution in [2.24, 2.45) is 0 Å². The van der Waals surface area contributed by atoms with Crippen molar-refractivity contribution in [2.75, 3.05) is 19.6 Å². The molecule has 0 saturated carbocycles. The van der Waals surface area contributed by atoms with E-state index >= 15 is 0 Å². The lowest BCUT2D eigenvalue weighted by molar-refractivity contribution is 0.0164. The second-order valence-corrected chi connectivity index (χ2v) is 7.40. The van der Waals surface area contributed by atoms with Crippen LogP contribution in [-0.2, 0) is 11.3 Å². The van der Waals surface area contributed by atoms with Crippen LogP contribution in [0.25, 0.3) is 0 Å². The third kappa shape index (κ3) is 8.34. The molecule has 1 unspecified atom stereocenters. The number of hydrogen-bond acceptors (Lipinski definition) is 4. The van der Waals surface area contributed by atoms with Gasteiger partial charge in [0.15, 0.2) is 0 Å². The number of halogens is 1. The number of benzene rings is 1. The van der Waals surface area contributed by atoms with Crippen molar-refractivity contribution in [3.8, 4) is 0 Å². The van der Waals surface area contributed by atoms with Gasteiger partial charge in [-0.25, -0.2) is 4.79 Å². The molecule has 1 aromatic carbocycles. The number of amides is 1. The molecule has 0 saturated heterocycles. The molecule has 0 heterocycles. The Bertz CT molecular complexity index is 501. The van der Waals surface area contributed by atoms with Crippen LogP contribution in [-0.4, -0.2) is 47.4 Å². The standard InChI is InChI=1S/C17H27BrN2O3/c1-13(21)12-20(16(22)23-17(2,3)4)10-9-19-11-14-7-5-6-8-15(14)18/h5-8,13,19,21H,9-12H2,1-4H3. The molecule has 0 bridgehead atoms. The zero-order valence-electron chi connectivity index (χ0n) is 14.3. The van der Waals surface area contributed by atoms with Crippen molar-refractivity contribution >= 4 is 22.0 Å². The van der Waals surface area contributed by atoms with E-state index in [1.54, 1.807) is 6.92 Å². The highest BCUT2D eigenvalue weighted by molar-refractivity contribution is 9.10. The Morgan fingerprint density at radius 3 is 2.61 bits per heavy atom. The number of ether oxygens (including phenoxy) is 1. The van der Waals surface area contributed by atoms with E-state index in [-0.39, 0.29) is 6.54 Å². The van der Waals surface area contributed by atoms with Crippen LogP contribution >= 0.6 is 15.9 Å². The molecule has 2 N–H and O–H groups in total. The van der Waals surface area contributed by atoms with Gasteiger partial charge in [0.25, 0.3) is 0 Å². The molecule has 1 atom stereocenters. The first-order chi connectivity index (χ1) is 10.7. The highest BCUT2D eigenvalue weighted by atomic mass is 79.9. The maximum Gasteiger partial charge on any atom is 0.410 e. The lowest BCUT2D eigenvalue weighted by Crippen LogP contribution is -2.43. The van der Waals surface area contributed by atoms with Gasteiger partial charge in [-0.2, -0.15) is 0 Å². The predicted octanol–water partition coefficient (Wildman–Crippen LogP) is 3.16. The molecule has 130 valence electrons. The second-order valence-electron chi connectivity index (χ2n) is 6.54. The quantitative estimate of drug-likeness (QED) is 0.706. The van der Waals surface area contributed by atoms with Crippen molar-refractivity contribution < 1.29 is 14.6 Å². The van der Waals surface area contributed by atoms with E-state index in [1.165, 1.54) is 4.90 Å². The van der Waals surface area contributed by atoms with E-state index in [9.17, 15) is 9.90 Å². The molecule has 0 spiro atoms. The van der Waals surface area contributed by atoms with Gasteiger partial charge in [-0.1, -0.05) is 34.1 Å². The summed E-state index contributed by atoms with van der Waals surface area (Å²) in [6, 6.07) is 8.00. The van der Waals surface area contributed by atoms with Crippen molar-refractivity contribution in [1.29, 1.82) is 0 Å². The number of rotatable bonds is 7. The van der Waals surface area contributed by atoms with Crippen LogP contribution in [0.3, 0.4) is 0 Å². The van der Waals surface area contributed by atoms with Crippen LogP contribution < -0.4 is 5.32 Å². The lowest BCUT2D eigenvalue weighted by Gasteiger charge is -2.28. The largest absolute Gasteiger partial charge is 0.444 e. The number of carbonyl (C=O) groups excluding carboxylic acids is 1. The first-order valence-electron chi connectivity index (χ1n) is 7.79. The highest BCUT2D eigenvalue weighted by Crippen LogP contribution is 2.15. The summed E-state index contributed by atoms with van der Waals surface area (Å²) in [4.78, 5) is 13.7. The summed E-state index contributed by atoms with van der Waals surface area (Å²) in [6.07, 6.45) is -0.994. The summed E-state index contributed by atoms with van der Waals surface area (Å²) in [5, 5.41) is 12.9. The maximum atomic E-state index is 12.2. The molecule has 0 radical (unpaired) electrons. The number of nitrogens with zero attached hydrogens (tertiary/aromatic N) is 1. The molecule has 5 nitrogen and oxygen atoms in total. The van der Waals surface area contributed by atoms with Gasteiger partial charge in [0.2, 0.25) is 0 Å². The van der Waals surface area contributed by atoms with Gasteiger partial charge in [0.1, 0.15) is 5.60 Å². The molecular weight excluding hydrogens is 360 g/mol. The third-order valence-corrected chi connectivity index (χ3v) is 3.74. The molecule has 6 heteroatoms. The van der Waals surface area contributed by atoms with Crippen LogP contribution in [0.4, 0.5) is 4.79 Å². The van der Waals surface area contributed by atoms with Crippen LogP contribution in [0, 0.1) is 0 Å². The van der Waals surface area contributed by atoms with E-state index in [2.05, 4.69) is 21.2 Å². The molecule has 0 aliphatic rings. The average molecular weight is 387 g/mol. The smallest absolute Gasteiger partial charge is 0.410 e. The summed E-state index contributed by atoms with van der Waals surface area (Å²) >= 11 is 3.51. The van der Waals surface area contributed by atoms with E-state index in [1.807, 2.05) is 45.0 Å². The Kier molecular flexibility index (Phi) is 8.02. The molecular formula is C17H27BrN2O3. The topological polar surface area (TPSA) is 61.8 Å². The van der Waals surface area contributed by atoms with Gasteiger partial charge < -0.3 is 20.1 Å². The second kappa shape index (κ2) is 9.25. The average Bonchev–Trinajstić information content (AvgIpc) is 2.41. The Balaban J connectivity index is 2.48. The van der Waals surface area contributed by atoms with Gasteiger partial charge in [0, 0.05) is 30.7 Å². The fourth-order valence-electron chi connectivity index (χ4n) is 1.98. The minimum Gasteiger partial charge on any atom is -0.444 e. The maximum absolute atomic E-state index is 12.2. The summed E-state index contributed by atoms with van der Waals surface area (Å²) in [6.45, 7) is 9.21. The monoisotopic (exact) mass is 386 g/mol. The van der Waals surface area contributed by atoms with Gasteiger partial charge in [-0.15, -0.1) is 0 Å². The zero-order chi connectivity index (χ0) is 17.5. The van der Waals surface area contributed by atoms with Crippen LogP contribution in [0.2, 0.25) is 0 Å². The third-order valence-electron chi connectivity index (χ3n) is 2.97. The first-order valence-corrected chi connectivity index (χ1v) is 8.58. The summed E-state index contributed by atoms with van der Waals surface area (Å²) in [7, 11) is 0. The molecule has 0 aliphatic heterocycles. The van der Waals surface area contributed by atoms with E-state index < -0.39 is 17.8 Å². The van der Waals surface area contributed by atoms with Crippen LogP contribution in [0.1, 0.15) is 33.3 Å². The van der Waals surface area contributed by atoms with E-state index in [0.29, 0.717) is 19.6 Å². The van der Waals surface area contributed by atoms with Gasteiger partial charge >= 0.3 is 6.09 Å². The Morgan fingerprint density at radius 2 is 2.04 bits per heavy atom. The summed E-state index contributed by atoms with van der Waals surface area (Å²) in [5.41, 5.74) is 0.614. The van der Waals surface area contributed by atoms with Crippen molar-refractivity contribution in [1.82, 2.24) is 10.2 Å². The minimum absolute atomic E-state index is 0.256. The Labute approximate surface area is 147 Å². The molecule has 1 aromatic rings. The summed E-state index contributed by atoms with van der Waals surface area (Å²) < 4.78 is 6.43. The summed E-state index contributed by atoms with van der Waals surface area (Å²) in [5.74, 6) is 0. The number of aliphatic hydroxyl groups excluding tert-OH is 1. The van der Waals surface area contributed by atoms with Crippen LogP contribution in [0.5, 0.6) is 0 Å². The Hall–Kier alpha value is -1.11. The van der Waals surface area contributed by atoms with Gasteiger partial charge in [-0.3, -0.25) is 0 Å². The fourth-order valence-corrected chi connectivity index (χ4v) is 2.41. The van der Waals surface area contributed by atoms with Crippen molar-refractivity contribution in [2.45, 2.75) is 45.9 Å². The normalized spacial score (nSPS) is 12.8. The van der Waals surface area contributed by atoms with Crippen molar-refractivity contribution in [3.05, 3.63) is 34.3 Å². The van der Waals surface area contributed by atoms with E-state index in [0.717, 1.165) is 10.0 Å². The Morgan fingerprint density at radius 1 is 1.39 bits per heavy atom. The highest BCUT2D eigenvalue weighted by Gasteiger charge is 2.22. The van der Waals surface area contributed by atoms with Gasteiger partial charge in [0.05, 0.1) is 6.10 Å². The number of aliphatic hydroxyl groups is 1. The predicted molar refractivity (Wildman–Crippen MR) is 95.3 cm³/mol. The lowest BCUT2D eigenvalue weighted by atomic mass is 10.2. The number of nitrogens with one attached hydrogen (secondary N) is 1. The van der Waals surface area contributed by atoms with Crippen molar-refractivity contribution in [3.63, 3.8) is 0 Å². The zero-order valence-corrected chi connectivity index (χ0v) is 15.9. The van der Waals surface area contributed by atoms with Gasteiger partial charge in [-0.05, 0) is 39.3 Å². The minimum atomic E-state index is -0.592. The first kappa shape index (κ1) is 19.9. The fraction of sp³-hybridized carbons (Fsp3) is 0.588. The number of carbonyl (C=O) groups is 1. The molecule has 1 amide bonds. The molecule has 0 fully saturated rings. The molecule has 1 rings (SSSR count). The number of hydrogen-bond donors (Lipinski definition) is 2. The van der Waals surface area contributed by atoms with E-state index in [4.69, 9.17) is 4.74 Å².